The van der Waals surface area contributed by atoms with Gasteiger partial charge in [-0.1, -0.05) is 20.8 Å². The maximum Gasteiger partial charge on any atom is 0.227 e. The van der Waals surface area contributed by atoms with Crippen molar-refractivity contribution in [3.8, 4) is 11.4 Å². The topological polar surface area (TPSA) is 63.9 Å². The molecule has 6 nitrogen and oxygen atoms in total. The summed E-state index contributed by atoms with van der Waals surface area (Å²) in [6.07, 6.45) is 7.33. The third-order valence-electron chi connectivity index (χ3n) is 4.77. The van der Waals surface area contributed by atoms with Gasteiger partial charge in [-0.15, -0.1) is 0 Å². The number of likely N-dealkylation sites (tertiary alicyclic amines) is 1. The van der Waals surface area contributed by atoms with Crippen LogP contribution in [0, 0.1) is 5.41 Å². The van der Waals surface area contributed by atoms with Crippen LogP contribution in [0.25, 0.3) is 11.4 Å². The van der Waals surface area contributed by atoms with Crippen LogP contribution < -0.4 is 0 Å². The highest BCUT2D eigenvalue weighted by molar-refractivity contribution is 5.81. The molecule has 0 saturated carbocycles. The third-order valence-corrected chi connectivity index (χ3v) is 4.77. The Hall–Kier alpha value is -2.24. The van der Waals surface area contributed by atoms with E-state index in [4.69, 9.17) is 4.98 Å². The zero-order chi connectivity index (χ0) is 18.0. The van der Waals surface area contributed by atoms with Crippen molar-refractivity contribution in [1.82, 2.24) is 24.6 Å². The Morgan fingerprint density at radius 2 is 1.96 bits per heavy atom. The molecule has 1 aliphatic rings. The molecule has 1 fully saturated rings. The van der Waals surface area contributed by atoms with E-state index in [-0.39, 0.29) is 11.3 Å². The summed E-state index contributed by atoms with van der Waals surface area (Å²) in [5.74, 6) is 0.590. The molecule has 0 N–H and O–H groups in total. The van der Waals surface area contributed by atoms with Gasteiger partial charge in [0.2, 0.25) is 5.91 Å². The Morgan fingerprint density at radius 3 is 2.60 bits per heavy atom. The number of rotatable bonds is 3. The van der Waals surface area contributed by atoms with Gasteiger partial charge in [-0.3, -0.25) is 14.5 Å². The lowest BCUT2D eigenvalue weighted by Gasteiger charge is -2.35. The maximum absolute atomic E-state index is 12.4. The standard InChI is InChI=1S/C19H27N5O/c1-5-24-17(6-9-21-24)16-13-20-12-15(22-16)14-7-10-23(11-8-14)18(25)19(2,3)4/h6,9,12-14H,5,7-8,10-11H2,1-4H3. The number of hydrogen-bond acceptors (Lipinski definition) is 4. The summed E-state index contributed by atoms with van der Waals surface area (Å²) in [6, 6.07) is 1.97. The number of piperidine rings is 1. The van der Waals surface area contributed by atoms with Crippen LogP contribution in [0.3, 0.4) is 0 Å². The third kappa shape index (κ3) is 3.72. The average Bonchev–Trinajstić information content (AvgIpc) is 3.09. The molecule has 25 heavy (non-hydrogen) atoms. The van der Waals surface area contributed by atoms with E-state index in [1.807, 2.05) is 42.6 Å². The molecule has 0 spiro atoms. The first-order valence-electron chi connectivity index (χ1n) is 9.03. The van der Waals surface area contributed by atoms with Gasteiger partial charge in [0.15, 0.2) is 0 Å². The smallest absolute Gasteiger partial charge is 0.227 e. The van der Waals surface area contributed by atoms with Crippen LogP contribution in [0.2, 0.25) is 0 Å². The van der Waals surface area contributed by atoms with Gasteiger partial charge in [0.25, 0.3) is 0 Å². The molecule has 0 bridgehead atoms. The quantitative estimate of drug-likeness (QED) is 0.860. The molecular weight excluding hydrogens is 314 g/mol. The fourth-order valence-corrected chi connectivity index (χ4v) is 3.36. The van der Waals surface area contributed by atoms with Crippen molar-refractivity contribution in [2.45, 2.75) is 53.0 Å². The molecule has 3 heterocycles. The molecule has 1 aliphatic heterocycles. The highest BCUT2D eigenvalue weighted by atomic mass is 16.2. The number of hydrogen-bond donors (Lipinski definition) is 0. The second kappa shape index (κ2) is 6.94. The molecule has 134 valence electrons. The molecule has 0 radical (unpaired) electrons. The molecule has 1 saturated heterocycles. The van der Waals surface area contributed by atoms with Crippen LogP contribution >= 0.6 is 0 Å². The van der Waals surface area contributed by atoms with Crippen LogP contribution in [-0.2, 0) is 11.3 Å². The Bertz CT molecular complexity index is 738. The molecule has 0 unspecified atom stereocenters. The largest absolute Gasteiger partial charge is 0.342 e. The van der Waals surface area contributed by atoms with Crippen LogP contribution in [0.5, 0.6) is 0 Å². The van der Waals surface area contributed by atoms with Gasteiger partial charge < -0.3 is 4.90 Å². The molecule has 0 aromatic carbocycles. The number of amides is 1. The fourth-order valence-electron chi connectivity index (χ4n) is 3.36. The van der Waals surface area contributed by atoms with Gasteiger partial charge in [-0.2, -0.15) is 5.10 Å². The van der Waals surface area contributed by atoms with E-state index in [2.05, 4.69) is 17.0 Å². The molecule has 6 heteroatoms. The predicted molar refractivity (Wildman–Crippen MR) is 96.9 cm³/mol. The van der Waals surface area contributed by atoms with Crippen molar-refractivity contribution in [3.05, 3.63) is 30.4 Å². The molecule has 2 aromatic heterocycles. The first-order valence-corrected chi connectivity index (χ1v) is 9.03. The second-order valence-electron chi connectivity index (χ2n) is 7.68. The Kier molecular flexibility index (Phi) is 4.88. The van der Waals surface area contributed by atoms with Gasteiger partial charge in [0.1, 0.15) is 5.69 Å². The number of aryl methyl sites for hydroxylation is 1. The molecule has 3 rings (SSSR count). The predicted octanol–water partition coefficient (Wildman–Crippen LogP) is 3.11. The zero-order valence-electron chi connectivity index (χ0n) is 15.6. The summed E-state index contributed by atoms with van der Waals surface area (Å²) in [4.78, 5) is 23.7. The average molecular weight is 341 g/mol. The van der Waals surface area contributed by atoms with E-state index in [0.29, 0.717) is 5.92 Å². The van der Waals surface area contributed by atoms with Gasteiger partial charge in [-0.05, 0) is 25.8 Å². The van der Waals surface area contributed by atoms with Crippen LogP contribution in [0.15, 0.2) is 24.7 Å². The Balaban J connectivity index is 1.72. The van der Waals surface area contributed by atoms with Crippen molar-refractivity contribution < 1.29 is 4.79 Å². The Labute approximate surface area is 149 Å². The maximum atomic E-state index is 12.4. The van der Waals surface area contributed by atoms with Crippen molar-refractivity contribution in [1.29, 1.82) is 0 Å². The molecular formula is C19H27N5O. The van der Waals surface area contributed by atoms with Crippen molar-refractivity contribution in [2.24, 2.45) is 5.41 Å². The number of nitrogens with zero attached hydrogens (tertiary/aromatic N) is 5. The lowest BCUT2D eigenvalue weighted by atomic mass is 9.90. The minimum Gasteiger partial charge on any atom is -0.342 e. The highest BCUT2D eigenvalue weighted by Crippen LogP contribution is 2.30. The van der Waals surface area contributed by atoms with E-state index in [1.54, 1.807) is 12.4 Å². The normalized spacial score (nSPS) is 16.2. The molecule has 1 amide bonds. The SMILES string of the molecule is CCn1nccc1-c1cncc(C2CCN(C(=O)C(C)(C)C)CC2)n1. The number of aromatic nitrogens is 4. The van der Waals surface area contributed by atoms with E-state index in [1.165, 1.54) is 0 Å². The number of carbonyl (C=O) groups excluding carboxylic acids is 1. The van der Waals surface area contributed by atoms with Crippen molar-refractivity contribution in [2.75, 3.05) is 13.1 Å². The monoisotopic (exact) mass is 341 g/mol. The van der Waals surface area contributed by atoms with Crippen LogP contribution in [-0.4, -0.2) is 43.6 Å². The summed E-state index contributed by atoms with van der Waals surface area (Å²) in [7, 11) is 0. The summed E-state index contributed by atoms with van der Waals surface area (Å²) in [5.41, 5.74) is 2.57. The van der Waals surface area contributed by atoms with Crippen molar-refractivity contribution in [3.63, 3.8) is 0 Å². The first kappa shape index (κ1) is 17.6. The van der Waals surface area contributed by atoms with Gasteiger partial charge in [-0.25, -0.2) is 4.98 Å². The summed E-state index contributed by atoms with van der Waals surface area (Å²) < 4.78 is 1.93. The van der Waals surface area contributed by atoms with Gasteiger partial charge in [0.05, 0.1) is 17.6 Å². The lowest BCUT2D eigenvalue weighted by molar-refractivity contribution is -0.140. The van der Waals surface area contributed by atoms with E-state index in [9.17, 15) is 4.79 Å². The molecule has 2 aromatic rings. The van der Waals surface area contributed by atoms with Crippen LogP contribution in [0.1, 0.15) is 52.1 Å². The van der Waals surface area contributed by atoms with Crippen molar-refractivity contribution >= 4 is 5.91 Å². The highest BCUT2D eigenvalue weighted by Gasteiger charge is 2.31. The van der Waals surface area contributed by atoms with E-state index in [0.717, 1.165) is 49.6 Å². The Morgan fingerprint density at radius 1 is 1.24 bits per heavy atom. The summed E-state index contributed by atoms with van der Waals surface area (Å²) in [6.45, 7) is 10.4. The van der Waals surface area contributed by atoms with Crippen LogP contribution in [0.4, 0.5) is 0 Å². The minimum absolute atomic E-state index is 0.234. The van der Waals surface area contributed by atoms with E-state index < -0.39 is 0 Å². The lowest BCUT2D eigenvalue weighted by Crippen LogP contribution is -2.43. The summed E-state index contributed by atoms with van der Waals surface area (Å²) in [5, 5.41) is 4.31. The minimum atomic E-state index is -0.314. The first-order chi connectivity index (χ1) is 11.9. The zero-order valence-corrected chi connectivity index (χ0v) is 15.6. The summed E-state index contributed by atoms with van der Waals surface area (Å²) >= 11 is 0. The number of carbonyl (C=O) groups is 1. The van der Waals surface area contributed by atoms with E-state index >= 15 is 0 Å². The van der Waals surface area contributed by atoms with Gasteiger partial charge >= 0.3 is 0 Å². The fraction of sp³-hybridized carbons (Fsp3) is 0.579. The molecule has 0 atom stereocenters. The molecule has 0 aliphatic carbocycles. The second-order valence-corrected chi connectivity index (χ2v) is 7.68. The van der Waals surface area contributed by atoms with Gasteiger partial charge in [0, 0.05) is 43.4 Å².